The van der Waals surface area contributed by atoms with Crippen molar-refractivity contribution in [2.45, 2.75) is 20.0 Å². The van der Waals surface area contributed by atoms with Gasteiger partial charge in [0.2, 0.25) is 0 Å². The molecule has 0 saturated carbocycles. The molecule has 156 valence electrons. The van der Waals surface area contributed by atoms with Gasteiger partial charge in [0.25, 0.3) is 5.56 Å². The summed E-state index contributed by atoms with van der Waals surface area (Å²) in [5, 5.41) is 5.53. The third kappa shape index (κ3) is 4.55. The largest absolute Gasteiger partial charge is 0.489 e. The Kier molecular flexibility index (Phi) is 6.20. The van der Waals surface area contributed by atoms with E-state index in [2.05, 4.69) is 21.0 Å². The van der Waals surface area contributed by atoms with Crippen LogP contribution in [0.25, 0.3) is 22.3 Å². The molecule has 0 spiro atoms. The van der Waals surface area contributed by atoms with Crippen molar-refractivity contribution in [2.75, 3.05) is 0 Å². The molecule has 0 unspecified atom stereocenters. The molecule has 0 N–H and O–H groups in total. The minimum atomic E-state index is -0.256. The number of ether oxygens (including phenoxy) is 1. The van der Waals surface area contributed by atoms with Crippen LogP contribution in [0.2, 0.25) is 5.02 Å². The minimum absolute atomic E-state index is 0.0467. The summed E-state index contributed by atoms with van der Waals surface area (Å²) in [6.45, 7) is 3.88. The minimum Gasteiger partial charge on any atom is -0.489 e. The van der Waals surface area contributed by atoms with Crippen molar-refractivity contribution >= 4 is 44.6 Å². The first-order valence-electron chi connectivity index (χ1n) is 9.71. The molecule has 0 aliphatic heterocycles. The molecule has 7 heteroatoms. The summed E-state index contributed by atoms with van der Waals surface area (Å²) in [7, 11) is 0. The lowest BCUT2D eigenvalue weighted by Gasteiger charge is -2.15. The summed E-state index contributed by atoms with van der Waals surface area (Å²) in [4.78, 5) is 18.0. The van der Waals surface area contributed by atoms with E-state index in [9.17, 15) is 4.79 Å². The van der Waals surface area contributed by atoms with Crippen molar-refractivity contribution < 1.29 is 4.74 Å². The standard InChI is InChI=1S/C24H19BrClN3O2/c1-15(2)31-22-17(12-18(26)13-20(22)25)14-27-29-23(16-8-4-3-5-9-16)28-21-11-7-6-10-19(21)24(29)30/h3-15H,1-2H3. The average molecular weight is 497 g/mol. The molecular formula is C24H19BrClN3O2. The fraction of sp³-hybridized carbons (Fsp3) is 0.125. The predicted molar refractivity (Wildman–Crippen MR) is 129 cm³/mol. The van der Waals surface area contributed by atoms with Gasteiger partial charge in [-0.2, -0.15) is 9.78 Å². The predicted octanol–water partition coefficient (Wildman–Crippen LogP) is 6.15. The van der Waals surface area contributed by atoms with Crippen LogP contribution in [-0.4, -0.2) is 22.0 Å². The molecule has 0 amide bonds. The second-order valence-corrected chi connectivity index (χ2v) is 8.44. The maximum absolute atomic E-state index is 13.3. The summed E-state index contributed by atoms with van der Waals surface area (Å²) >= 11 is 9.75. The molecule has 1 heterocycles. The molecule has 0 saturated heterocycles. The van der Waals surface area contributed by atoms with Crippen molar-refractivity contribution in [1.82, 2.24) is 9.66 Å². The van der Waals surface area contributed by atoms with Gasteiger partial charge in [0.1, 0.15) is 5.75 Å². The molecular weight excluding hydrogens is 478 g/mol. The molecule has 4 aromatic rings. The van der Waals surface area contributed by atoms with Crippen LogP contribution >= 0.6 is 27.5 Å². The van der Waals surface area contributed by atoms with Gasteiger partial charge < -0.3 is 4.74 Å². The molecule has 1 aromatic heterocycles. The van der Waals surface area contributed by atoms with E-state index in [4.69, 9.17) is 21.3 Å². The molecule has 4 rings (SSSR count). The Hall–Kier alpha value is -2.96. The lowest BCUT2D eigenvalue weighted by Crippen LogP contribution is -2.20. The van der Waals surface area contributed by atoms with E-state index < -0.39 is 0 Å². The highest BCUT2D eigenvalue weighted by atomic mass is 79.9. The Balaban J connectivity index is 1.92. The van der Waals surface area contributed by atoms with E-state index in [1.807, 2.05) is 62.4 Å². The normalized spacial score (nSPS) is 11.5. The van der Waals surface area contributed by atoms with E-state index in [0.29, 0.717) is 37.5 Å². The van der Waals surface area contributed by atoms with E-state index in [1.54, 1.807) is 24.4 Å². The summed E-state index contributed by atoms with van der Waals surface area (Å²) in [5.74, 6) is 1.05. The lowest BCUT2D eigenvalue weighted by atomic mass is 10.2. The van der Waals surface area contributed by atoms with Crippen LogP contribution in [0.4, 0.5) is 0 Å². The number of hydrogen-bond acceptors (Lipinski definition) is 4. The first-order chi connectivity index (χ1) is 14.9. The number of benzene rings is 3. The number of rotatable bonds is 5. The van der Waals surface area contributed by atoms with Gasteiger partial charge >= 0.3 is 0 Å². The number of hydrogen-bond donors (Lipinski definition) is 0. The van der Waals surface area contributed by atoms with E-state index in [0.717, 1.165) is 5.56 Å². The zero-order valence-electron chi connectivity index (χ0n) is 16.9. The molecule has 3 aromatic carbocycles. The number of aromatic nitrogens is 2. The van der Waals surface area contributed by atoms with Crippen LogP contribution in [0, 0.1) is 0 Å². The summed E-state index contributed by atoms with van der Waals surface area (Å²) in [6, 6.07) is 20.2. The van der Waals surface area contributed by atoms with Crippen LogP contribution in [0.1, 0.15) is 19.4 Å². The smallest absolute Gasteiger partial charge is 0.282 e. The quantitative estimate of drug-likeness (QED) is 0.311. The van der Waals surface area contributed by atoms with E-state index >= 15 is 0 Å². The average Bonchev–Trinajstić information content (AvgIpc) is 2.75. The van der Waals surface area contributed by atoms with Crippen molar-refractivity contribution in [3.05, 3.63) is 92.1 Å². The summed E-state index contributed by atoms with van der Waals surface area (Å²) < 4.78 is 7.96. The highest BCUT2D eigenvalue weighted by Gasteiger charge is 2.14. The lowest BCUT2D eigenvalue weighted by molar-refractivity contribution is 0.240. The fourth-order valence-corrected chi connectivity index (χ4v) is 4.09. The molecule has 0 fully saturated rings. The molecule has 31 heavy (non-hydrogen) atoms. The van der Waals surface area contributed by atoms with Gasteiger partial charge in [-0.1, -0.05) is 54.1 Å². The highest BCUT2D eigenvalue weighted by molar-refractivity contribution is 9.10. The third-order valence-corrected chi connectivity index (χ3v) is 5.30. The second-order valence-electron chi connectivity index (χ2n) is 7.15. The number of halogens is 2. The Morgan fingerprint density at radius 2 is 1.81 bits per heavy atom. The zero-order chi connectivity index (χ0) is 22.0. The van der Waals surface area contributed by atoms with Gasteiger partial charge in [0.05, 0.1) is 27.7 Å². The summed E-state index contributed by atoms with van der Waals surface area (Å²) in [6.07, 6.45) is 1.52. The third-order valence-electron chi connectivity index (χ3n) is 4.49. The first-order valence-corrected chi connectivity index (χ1v) is 10.9. The van der Waals surface area contributed by atoms with Crippen LogP contribution in [-0.2, 0) is 0 Å². The molecule has 0 bridgehead atoms. The van der Waals surface area contributed by atoms with Gasteiger partial charge in [-0.25, -0.2) is 4.98 Å². The Labute approximate surface area is 193 Å². The molecule has 0 atom stereocenters. The molecule has 0 aliphatic rings. The Morgan fingerprint density at radius 1 is 1.10 bits per heavy atom. The van der Waals surface area contributed by atoms with Crippen LogP contribution in [0.3, 0.4) is 0 Å². The van der Waals surface area contributed by atoms with Crippen LogP contribution in [0.15, 0.2) is 81.1 Å². The van der Waals surface area contributed by atoms with Crippen LogP contribution in [0.5, 0.6) is 5.75 Å². The maximum atomic E-state index is 13.3. The molecule has 5 nitrogen and oxygen atoms in total. The first kappa shape index (κ1) is 21.3. The second kappa shape index (κ2) is 9.04. The van der Waals surface area contributed by atoms with Crippen molar-refractivity contribution in [3.63, 3.8) is 0 Å². The van der Waals surface area contributed by atoms with Gasteiger partial charge in [-0.3, -0.25) is 4.79 Å². The van der Waals surface area contributed by atoms with Crippen LogP contribution < -0.4 is 10.3 Å². The van der Waals surface area contributed by atoms with Gasteiger partial charge in [-0.05, 0) is 54.0 Å². The van der Waals surface area contributed by atoms with Gasteiger partial charge in [0.15, 0.2) is 5.82 Å². The molecule has 0 aliphatic carbocycles. The maximum Gasteiger partial charge on any atom is 0.282 e. The topological polar surface area (TPSA) is 56.5 Å². The monoisotopic (exact) mass is 495 g/mol. The van der Waals surface area contributed by atoms with Crippen molar-refractivity contribution in [3.8, 4) is 17.1 Å². The number of para-hydroxylation sites is 1. The zero-order valence-corrected chi connectivity index (χ0v) is 19.3. The fourth-order valence-electron chi connectivity index (χ4n) is 3.16. The Bertz CT molecular complexity index is 1330. The van der Waals surface area contributed by atoms with E-state index in [1.165, 1.54) is 4.68 Å². The summed E-state index contributed by atoms with van der Waals surface area (Å²) in [5.41, 5.74) is 1.79. The van der Waals surface area contributed by atoms with Crippen molar-refractivity contribution in [2.24, 2.45) is 5.10 Å². The SMILES string of the molecule is CC(C)Oc1c(Br)cc(Cl)cc1C=Nn1c(-c2ccccc2)nc2ccccc2c1=O. The Morgan fingerprint density at radius 3 is 2.55 bits per heavy atom. The highest BCUT2D eigenvalue weighted by Crippen LogP contribution is 2.32. The number of nitrogens with zero attached hydrogens (tertiary/aromatic N) is 3. The van der Waals surface area contributed by atoms with Crippen molar-refractivity contribution in [1.29, 1.82) is 0 Å². The van der Waals surface area contributed by atoms with Gasteiger partial charge in [-0.15, -0.1) is 0 Å². The number of fused-ring (bicyclic) bond motifs is 1. The van der Waals surface area contributed by atoms with E-state index in [-0.39, 0.29) is 11.7 Å². The van der Waals surface area contributed by atoms with Gasteiger partial charge in [0, 0.05) is 16.1 Å². The molecule has 0 radical (unpaired) electrons.